The summed E-state index contributed by atoms with van der Waals surface area (Å²) in [6, 6.07) is 0. The number of rotatable bonds is 3. The first-order valence-corrected chi connectivity index (χ1v) is 8.69. The summed E-state index contributed by atoms with van der Waals surface area (Å²) in [5.41, 5.74) is 6.12. The first-order valence-electron chi connectivity index (χ1n) is 8.69. The normalized spacial score (nSPS) is 37.0. The molecule has 0 aliphatic heterocycles. The zero-order valence-electron chi connectivity index (χ0n) is 14.0. The van der Waals surface area contributed by atoms with Crippen molar-refractivity contribution >= 4 is 0 Å². The highest BCUT2D eigenvalue weighted by Crippen LogP contribution is 2.57. The van der Waals surface area contributed by atoms with Crippen LogP contribution in [0.1, 0.15) is 79.1 Å². The third kappa shape index (κ3) is 2.66. The van der Waals surface area contributed by atoms with Gasteiger partial charge in [0.25, 0.3) is 0 Å². The van der Waals surface area contributed by atoms with Crippen molar-refractivity contribution in [2.75, 3.05) is 6.54 Å². The summed E-state index contributed by atoms with van der Waals surface area (Å²) in [7, 11) is 0. The molecule has 118 valence electrons. The van der Waals surface area contributed by atoms with Crippen molar-refractivity contribution in [2.24, 2.45) is 28.4 Å². The minimum absolute atomic E-state index is 0.0299. The van der Waals surface area contributed by atoms with Gasteiger partial charge in [0.2, 0.25) is 0 Å². The average Bonchev–Trinajstić information content (AvgIpc) is 2.39. The lowest BCUT2D eigenvalue weighted by Gasteiger charge is -2.57. The second-order valence-corrected chi connectivity index (χ2v) is 8.67. The smallest absolute Gasteiger partial charge is 0.0746 e. The van der Waals surface area contributed by atoms with Crippen LogP contribution in [0.4, 0.5) is 0 Å². The van der Waals surface area contributed by atoms with Crippen LogP contribution in [-0.2, 0) is 0 Å². The lowest BCUT2D eigenvalue weighted by atomic mass is 9.51. The summed E-state index contributed by atoms with van der Waals surface area (Å²) < 4.78 is 0. The minimum Gasteiger partial charge on any atom is -0.389 e. The fraction of sp³-hybridized carbons (Fsp3) is 1.00. The van der Waals surface area contributed by atoms with E-state index in [-0.39, 0.29) is 5.41 Å². The zero-order chi connectivity index (χ0) is 15.0. The van der Waals surface area contributed by atoms with Crippen LogP contribution in [0.25, 0.3) is 0 Å². The van der Waals surface area contributed by atoms with E-state index in [4.69, 9.17) is 5.73 Å². The van der Waals surface area contributed by atoms with Crippen LogP contribution in [0.3, 0.4) is 0 Å². The number of hydrogen-bond donors (Lipinski definition) is 2. The number of hydrogen-bond acceptors (Lipinski definition) is 2. The summed E-state index contributed by atoms with van der Waals surface area (Å²) in [5.74, 6) is 0.986. The molecule has 2 aliphatic rings. The molecule has 2 aliphatic carbocycles. The molecule has 2 saturated carbocycles. The standard InChI is InChI=1S/C18H35NO/c1-14(2)15-7-5-6-8-18(15,20)17(13-19)11-9-16(3,4)10-12-17/h14-15,20H,5-13,19H2,1-4H3. The Morgan fingerprint density at radius 1 is 1.05 bits per heavy atom. The van der Waals surface area contributed by atoms with Crippen molar-refractivity contribution in [2.45, 2.75) is 84.7 Å². The maximum atomic E-state index is 11.7. The molecule has 2 atom stereocenters. The van der Waals surface area contributed by atoms with Gasteiger partial charge in [-0.05, 0) is 55.8 Å². The predicted molar refractivity (Wildman–Crippen MR) is 85.5 cm³/mol. The molecule has 20 heavy (non-hydrogen) atoms. The van der Waals surface area contributed by atoms with E-state index >= 15 is 0 Å². The molecule has 0 bridgehead atoms. The predicted octanol–water partition coefficient (Wildman–Crippen LogP) is 4.11. The van der Waals surface area contributed by atoms with Crippen LogP contribution < -0.4 is 5.73 Å². The molecular weight excluding hydrogens is 246 g/mol. The molecule has 0 aromatic carbocycles. The molecule has 0 heterocycles. The quantitative estimate of drug-likeness (QED) is 0.818. The van der Waals surface area contributed by atoms with E-state index in [1.54, 1.807) is 0 Å². The average molecular weight is 281 g/mol. The molecule has 2 heteroatoms. The molecule has 0 amide bonds. The molecule has 2 nitrogen and oxygen atoms in total. The fourth-order valence-electron chi connectivity index (χ4n) is 4.95. The highest BCUT2D eigenvalue weighted by atomic mass is 16.3. The van der Waals surface area contributed by atoms with E-state index in [0.29, 0.717) is 23.8 Å². The first kappa shape index (κ1) is 16.3. The largest absolute Gasteiger partial charge is 0.389 e. The van der Waals surface area contributed by atoms with Crippen molar-refractivity contribution in [3.63, 3.8) is 0 Å². The number of nitrogens with two attached hydrogens (primary N) is 1. The van der Waals surface area contributed by atoms with E-state index < -0.39 is 5.60 Å². The molecule has 3 N–H and O–H groups in total. The SMILES string of the molecule is CC(C)C1CCCCC1(O)C1(CN)CCC(C)(C)CC1. The Balaban J connectivity index is 2.28. The van der Waals surface area contributed by atoms with Crippen molar-refractivity contribution in [1.29, 1.82) is 0 Å². The maximum absolute atomic E-state index is 11.7. The molecule has 0 aromatic heterocycles. The highest BCUT2D eigenvalue weighted by molar-refractivity contribution is 5.08. The van der Waals surface area contributed by atoms with Crippen LogP contribution in [-0.4, -0.2) is 17.3 Å². The molecule has 2 unspecified atom stereocenters. The van der Waals surface area contributed by atoms with Gasteiger partial charge in [-0.2, -0.15) is 0 Å². The van der Waals surface area contributed by atoms with Gasteiger partial charge in [-0.15, -0.1) is 0 Å². The van der Waals surface area contributed by atoms with Crippen LogP contribution >= 0.6 is 0 Å². The van der Waals surface area contributed by atoms with E-state index in [1.807, 2.05) is 0 Å². The zero-order valence-corrected chi connectivity index (χ0v) is 14.0. The van der Waals surface area contributed by atoms with E-state index in [9.17, 15) is 5.11 Å². The van der Waals surface area contributed by atoms with E-state index in [1.165, 1.54) is 32.1 Å². The van der Waals surface area contributed by atoms with Gasteiger partial charge in [-0.1, -0.05) is 40.5 Å². The first-order chi connectivity index (χ1) is 9.26. The molecular formula is C18H35NO. The summed E-state index contributed by atoms with van der Waals surface area (Å²) in [6.45, 7) is 9.93. The van der Waals surface area contributed by atoms with Crippen molar-refractivity contribution in [3.8, 4) is 0 Å². The van der Waals surface area contributed by atoms with Gasteiger partial charge in [0, 0.05) is 12.0 Å². The van der Waals surface area contributed by atoms with E-state index in [0.717, 1.165) is 19.3 Å². The molecule has 0 saturated heterocycles. The minimum atomic E-state index is -0.523. The number of aliphatic hydroxyl groups is 1. The van der Waals surface area contributed by atoms with Crippen molar-refractivity contribution in [1.82, 2.24) is 0 Å². The monoisotopic (exact) mass is 281 g/mol. The molecule has 2 rings (SSSR count). The third-order valence-corrected chi connectivity index (χ3v) is 6.61. The van der Waals surface area contributed by atoms with Crippen molar-refractivity contribution in [3.05, 3.63) is 0 Å². The van der Waals surface area contributed by atoms with Crippen LogP contribution in [0.5, 0.6) is 0 Å². The van der Waals surface area contributed by atoms with Crippen molar-refractivity contribution < 1.29 is 5.11 Å². The Kier molecular flexibility index (Phi) is 4.57. The Morgan fingerprint density at radius 3 is 2.15 bits per heavy atom. The molecule has 0 spiro atoms. The third-order valence-electron chi connectivity index (χ3n) is 6.61. The Morgan fingerprint density at radius 2 is 1.65 bits per heavy atom. The van der Waals surface area contributed by atoms with Gasteiger partial charge in [-0.3, -0.25) is 0 Å². The Bertz CT molecular complexity index is 326. The second kappa shape index (κ2) is 5.61. The Hall–Kier alpha value is -0.0800. The second-order valence-electron chi connectivity index (χ2n) is 8.67. The molecule has 0 aromatic rings. The maximum Gasteiger partial charge on any atom is 0.0746 e. The van der Waals surface area contributed by atoms with Crippen LogP contribution in [0, 0.1) is 22.7 Å². The molecule has 2 fully saturated rings. The molecule has 0 radical (unpaired) electrons. The topological polar surface area (TPSA) is 46.2 Å². The summed E-state index contributed by atoms with van der Waals surface area (Å²) in [5, 5.41) is 11.7. The van der Waals surface area contributed by atoms with Gasteiger partial charge in [0.05, 0.1) is 5.60 Å². The van der Waals surface area contributed by atoms with Gasteiger partial charge < -0.3 is 10.8 Å². The van der Waals surface area contributed by atoms with Crippen LogP contribution in [0.2, 0.25) is 0 Å². The van der Waals surface area contributed by atoms with Gasteiger partial charge in [0.15, 0.2) is 0 Å². The highest BCUT2D eigenvalue weighted by Gasteiger charge is 2.56. The Labute approximate surface area is 125 Å². The summed E-state index contributed by atoms with van der Waals surface area (Å²) in [6.07, 6.45) is 9.22. The van der Waals surface area contributed by atoms with E-state index in [2.05, 4.69) is 27.7 Å². The van der Waals surface area contributed by atoms with Gasteiger partial charge in [-0.25, -0.2) is 0 Å². The summed E-state index contributed by atoms with van der Waals surface area (Å²) in [4.78, 5) is 0. The van der Waals surface area contributed by atoms with Crippen LogP contribution in [0.15, 0.2) is 0 Å². The van der Waals surface area contributed by atoms with Gasteiger partial charge in [0.1, 0.15) is 0 Å². The fourth-order valence-corrected chi connectivity index (χ4v) is 4.95. The lowest BCUT2D eigenvalue weighted by molar-refractivity contribution is -0.175. The lowest BCUT2D eigenvalue weighted by Crippen LogP contribution is -2.61. The van der Waals surface area contributed by atoms with Gasteiger partial charge >= 0.3 is 0 Å². The summed E-state index contributed by atoms with van der Waals surface area (Å²) >= 11 is 0.